The van der Waals surface area contributed by atoms with Crippen molar-refractivity contribution in [3.63, 3.8) is 0 Å². The second-order valence-electron chi connectivity index (χ2n) is 4.39. The van der Waals surface area contributed by atoms with Gasteiger partial charge in [0.25, 0.3) is 0 Å². The van der Waals surface area contributed by atoms with Gasteiger partial charge in [0.15, 0.2) is 0 Å². The van der Waals surface area contributed by atoms with Crippen molar-refractivity contribution >= 4 is 17.9 Å². The van der Waals surface area contributed by atoms with Crippen molar-refractivity contribution in [3.8, 4) is 0 Å². The summed E-state index contributed by atoms with van der Waals surface area (Å²) in [6.07, 6.45) is 2.52. The molecule has 0 aliphatic rings. The highest BCUT2D eigenvalue weighted by Gasteiger charge is 2.09. The number of rotatable bonds is 10. The van der Waals surface area contributed by atoms with Crippen molar-refractivity contribution in [2.75, 3.05) is 13.1 Å². The minimum Gasteiger partial charge on any atom is -0.481 e. The first-order chi connectivity index (χ1) is 8.95. The quantitative estimate of drug-likeness (QED) is 0.461. The Morgan fingerprint density at radius 3 is 2.26 bits per heavy atom. The number of amides is 3. The fourth-order valence-corrected chi connectivity index (χ4v) is 1.63. The van der Waals surface area contributed by atoms with Crippen LogP contribution >= 0.6 is 0 Å². The SMILES string of the molecule is CCC(CCNC(=O)NCCC(N)=O)CCC(=O)O. The Balaban J connectivity index is 3.65. The van der Waals surface area contributed by atoms with E-state index in [4.69, 9.17) is 10.8 Å². The van der Waals surface area contributed by atoms with Crippen LogP contribution in [0.3, 0.4) is 0 Å². The van der Waals surface area contributed by atoms with E-state index in [-0.39, 0.29) is 25.4 Å². The van der Waals surface area contributed by atoms with Crippen molar-refractivity contribution in [2.24, 2.45) is 11.7 Å². The molecule has 110 valence electrons. The van der Waals surface area contributed by atoms with E-state index in [1.807, 2.05) is 6.92 Å². The lowest BCUT2D eigenvalue weighted by Gasteiger charge is -2.14. The van der Waals surface area contributed by atoms with Crippen LogP contribution in [0.15, 0.2) is 0 Å². The van der Waals surface area contributed by atoms with Gasteiger partial charge >= 0.3 is 12.0 Å². The number of urea groups is 1. The molecule has 0 radical (unpaired) electrons. The van der Waals surface area contributed by atoms with E-state index in [0.717, 1.165) is 12.8 Å². The molecule has 3 amide bonds. The van der Waals surface area contributed by atoms with Crippen LogP contribution in [-0.4, -0.2) is 36.1 Å². The highest BCUT2D eigenvalue weighted by molar-refractivity contribution is 5.76. The number of aliphatic carboxylic acids is 1. The van der Waals surface area contributed by atoms with E-state index in [0.29, 0.717) is 18.9 Å². The molecular weight excluding hydrogens is 250 g/mol. The van der Waals surface area contributed by atoms with Crippen molar-refractivity contribution < 1.29 is 19.5 Å². The summed E-state index contributed by atoms with van der Waals surface area (Å²) in [5.41, 5.74) is 4.94. The van der Waals surface area contributed by atoms with E-state index in [1.54, 1.807) is 0 Å². The van der Waals surface area contributed by atoms with Gasteiger partial charge in [0.1, 0.15) is 0 Å². The first-order valence-corrected chi connectivity index (χ1v) is 6.47. The van der Waals surface area contributed by atoms with E-state index in [1.165, 1.54) is 0 Å². The zero-order chi connectivity index (χ0) is 14.7. The number of carbonyl (C=O) groups is 3. The minimum absolute atomic E-state index is 0.115. The summed E-state index contributed by atoms with van der Waals surface area (Å²) in [6, 6.07) is -0.339. The molecule has 0 aliphatic carbocycles. The number of carbonyl (C=O) groups excluding carboxylic acids is 2. The molecule has 0 spiro atoms. The Bertz CT molecular complexity index is 307. The molecule has 0 heterocycles. The third kappa shape index (κ3) is 11.1. The average Bonchev–Trinajstić information content (AvgIpc) is 2.32. The predicted molar refractivity (Wildman–Crippen MR) is 70.5 cm³/mol. The standard InChI is InChI=1S/C12H23N3O4/c1-2-9(3-4-11(17)18)5-7-14-12(19)15-8-6-10(13)16/h9H,2-8H2,1H3,(H2,13,16)(H,17,18)(H2,14,15,19). The first-order valence-electron chi connectivity index (χ1n) is 6.47. The lowest BCUT2D eigenvalue weighted by atomic mass is 9.97. The fraction of sp³-hybridized carbons (Fsp3) is 0.750. The second kappa shape index (κ2) is 10.2. The molecule has 0 saturated carbocycles. The van der Waals surface area contributed by atoms with Crippen molar-refractivity contribution in [3.05, 3.63) is 0 Å². The van der Waals surface area contributed by atoms with Gasteiger partial charge in [-0.1, -0.05) is 13.3 Å². The van der Waals surface area contributed by atoms with Crippen molar-refractivity contribution in [1.82, 2.24) is 10.6 Å². The lowest BCUT2D eigenvalue weighted by molar-refractivity contribution is -0.137. The third-order valence-corrected chi connectivity index (χ3v) is 2.84. The maximum absolute atomic E-state index is 11.3. The van der Waals surface area contributed by atoms with Gasteiger partial charge in [0, 0.05) is 25.9 Å². The second-order valence-corrected chi connectivity index (χ2v) is 4.39. The Morgan fingerprint density at radius 2 is 1.74 bits per heavy atom. The lowest BCUT2D eigenvalue weighted by Crippen LogP contribution is -2.38. The average molecular weight is 273 g/mol. The van der Waals surface area contributed by atoms with Gasteiger partial charge in [0.2, 0.25) is 5.91 Å². The van der Waals surface area contributed by atoms with E-state index < -0.39 is 11.9 Å². The zero-order valence-electron chi connectivity index (χ0n) is 11.3. The third-order valence-electron chi connectivity index (χ3n) is 2.84. The summed E-state index contributed by atoms with van der Waals surface area (Å²) in [4.78, 5) is 32.2. The molecular formula is C12H23N3O4. The molecule has 7 heteroatoms. The number of hydrogen-bond acceptors (Lipinski definition) is 3. The van der Waals surface area contributed by atoms with Crippen LogP contribution in [0.5, 0.6) is 0 Å². The predicted octanol–water partition coefficient (Wildman–Crippen LogP) is 0.442. The summed E-state index contributed by atoms with van der Waals surface area (Å²) < 4.78 is 0. The van der Waals surface area contributed by atoms with Gasteiger partial charge in [-0.2, -0.15) is 0 Å². The minimum atomic E-state index is -0.796. The molecule has 0 bridgehead atoms. The molecule has 1 unspecified atom stereocenters. The summed E-state index contributed by atoms with van der Waals surface area (Å²) in [5, 5.41) is 13.8. The molecule has 1 atom stereocenters. The maximum atomic E-state index is 11.3. The molecule has 7 nitrogen and oxygen atoms in total. The summed E-state index contributed by atoms with van der Waals surface area (Å²) >= 11 is 0. The normalized spacial score (nSPS) is 11.6. The van der Waals surface area contributed by atoms with E-state index >= 15 is 0 Å². The monoisotopic (exact) mass is 273 g/mol. The van der Waals surface area contributed by atoms with Crippen LogP contribution in [0.1, 0.15) is 39.0 Å². The van der Waals surface area contributed by atoms with Crippen LogP contribution < -0.4 is 16.4 Å². The van der Waals surface area contributed by atoms with Gasteiger partial charge in [-0.3, -0.25) is 9.59 Å². The molecule has 0 aromatic carbocycles. The molecule has 0 aliphatic heterocycles. The Morgan fingerprint density at radius 1 is 1.11 bits per heavy atom. The van der Waals surface area contributed by atoms with Crippen LogP contribution in [0.2, 0.25) is 0 Å². The Kier molecular flexibility index (Phi) is 9.20. The van der Waals surface area contributed by atoms with Crippen LogP contribution in [-0.2, 0) is 9.59 Å². The van der Waals surface area contributed by atoms with Gasteiger partial charge < -0.3 is 21.5 Å². The van der Waals surface area contributed by atoms with Gasteiger partial charge in [-0.05, 0) is 18.8 Å². The first kappa shape index (κ1) is 17.2. The number of hydrogen-bond donors (Lipinski definition) is 4. The number of primary amides is 1. The number of nitrogens with one attached hydrogen (secondary N) is 2. The molecule has 5 N–H and O–H groups in total. The van der Waals surface area contributed by atoms with Gasteiger partial charge in [-0.25, -0.2) is 4.79 Å². The van der Waals surface area contributed by atoms with E-state index in [9.17, 15) is 14.4 Å². The summed E-state index contributed by atoms with van der Waals surface area (Å²) in [7, 11) is 0. The van der Waals surface area contributed by atoms with Crippen LogP contribution in [0.25, 0.3) is 0 Å². The maximum Gasteiger partial charge on any atom is 0.314 e. The summed E-state index contributed by atoms with van der Waals surface area (Å²) in [6.45, 7) is 2.71. The van der Waals surface area contributed by atoms with Gasteiger partial charge in [0.05, 0.1) is 0 Å². The fourth-order valence-electron chi connectivity index (χ4n) is 1.63. The topological polar surface area (TPSA) is 122 Å². The highest BCUT2D eigenvalue weighted by Crippen LogP contribution is 2.14. The zero-order valence-corrected chi connectivity index (χ0v) is 11.3. The number of nitrogens with two attached hydrogens (primary N) is 1. The van der Waals surface area contributed by atoms with Crippen molar-refractivity contribution in [1.29, 1.82) is 0 Å². The van der Waals surface area contributed by atoms with Crippen LogP contribution in [0.4, 0.5) is 4.79 Å². The number of carboxylic acid groups (broad SMARTS) is 1. The molecule has 0 aromatic rings. The molecule has 0 rings (SSSR count). The smallest absolute Gasteiger partial charge is 0.314 e. The highest BCUT2D eigenvalue weighted by atomic mass is 16.4. The van der Waals surface area contributed by atoms with E-state index in [2.05, 4.69) is 10.6 Å². The van der Waals surface area contributed by atoms with Crippen molar-refractivity contribution in [2.45, 2.75) is 39.0 Å². The molecule has 0 fully saturated rings. The molecule has 0 aromatic heterocycles. The number of carboxylic acids is 1. The molecule has 19 heavy (non-hydrogen) atoms. The Labute approximate surface area is 112 Å². The summed E-state index contributed by atoms with van der Waals surface area (Å²) in [5.74, 6) is -0.961. The largest absolute Gasteiger partial charge is 0.481 e. The van der Waals surface area contributed by atoms with Crippen LogP contribution in [0, 0.1) is 5.92 Å². The van der Waals surface area contributed by atoms with Gasteiger partial charge in [-0.15, -0.1) is 0 Å². The Hall–Kier alpha value is -1.79. The molecule has 0 saturated heterocycles.